The molecule has 11 heteroatoms. The molecule has 148 valence electrons. The first kappa shape index (κ1) is 18.7. The van der Waals surface area contributed by atoms with Crippen LogP contribution in [0.25, 0.3) is 21.3 Å². The number of nitrogens with one attached hydrogen (secondary N) is 2. The van der Waals surface area contributed by atoms with Gasteiger partial charge in [-0.3, -0.25) is 9.59 Å². The lowest BCUT2D eigenvalue weighted by Gasteiger charge is -2.05. The monoisotopic (exact) mass is 413 g/mol. The molecule has 29 heavy (non-hydrogen) atoms. The summed E-state index contributed by atoms with van der Waals surface area (Å²) >= 11 is 1.27. The highest BCUT2D eigenvalue weighted by Crippen LogP contribution is 2.31. The maximum Gasteiger partial charge on any atom is 0.291 e. The molecule has 0 saturated heterocycles. The average Bonchev–Trinajstić information content (AvgIpc) is 3.23. The lowest BCUT2D eigenvalue weighted by Crippen LogP contribution is -2.27. The van der Waals surface area contributed by atoms with E-state index in [9.17, 15) is 14.0 Å². The molecule has 0 aromatic carbocycles. The standard InChI is InChI=1S/C18H16FN7O2S/c1-25-14-10(15-16(25)24-13(29-15)5-12(21)11(19)6-20)7-23-26(18(14)28)8-9-3-2-4-22-17(9)27/h2-4,6-7,21H,5,8,20H2,1H3,(H,22,27)/b11-6+,21-12?. The van der Waals surface area contributed by atoms with Gasteiger partial charge in [0.2, 0.25) is 0 Å². The van der Waals surface area contributed by atoms with Crippen LogP contribution in [0.15, 0.2) is 46.1 Å². The van der Waals surface area contributed by atoms with Gasteiger partial charge in [0.05, 0.1) is 23.2 Å². The Morgan fingerprint density at radius 3 is 2.97 bits per heavy atom. The summed E-state index contributed by atoms with van der Waals surface area (Å²) in [4.78, 5) is 31.9. The van der Waals surface area contributed by atoms with Gasteiger partial charge in [0.25, 0.3) is 11.1 Å². The van der Waals surface area contributed by atoms with Crippen molar-refractivity contribution >= 4 is 38.3 Å². The number of aryl methyl sites for hydroxylation is 1. The summed E-state index contributed by atoms with van der Waals surface area (Å²) in [6.45, 7) is 0.0459. The number of thiazole rings is 1. The van der Waals surface area contributed by atoms with Crippen molar-refractivity contribution in [1.29, 1.82) is 5.41 Å². The van der Waals surface area contributed by atoms with Crippen LogP contribution in [-0.2, 0) is 20.0 Å². The van der Waals surface area contributed by atoms with Crippen molar-refractivity contribution in [3.05, 3.63) is 67.8 Å². The van der Waals surface area contributed by atoms with Gasteiger partial charge in [-0.15, -0.1) is 11.3 Å². The Kier molecular flexibility index (Phi) is 4.59. The largest absolute Gasteiger partial charge is 0.402 e. The first-order valence-electron chi connectivity index (χ1n) is 8.56. The van der Waals surface area contributed by atoms with Gasteiger partial charge < -0.3 is 20.7 Å². The fourth-order valence-electron chi connectivity index (χ4n) is 3.10. The number of aromatic nitrogens is 5. The van der Waals surface area contributed by atoms with E-state index in [1.165, 1.54) is 22.2 Å². The Labute approximate surface area is 166 Å². The summed E-state index contributed by atoms with van der Waals surface area (Å²) < 4.78 is 17.0. The van der Waals surface area contributed by atoms with E-state index in [2.05, 4.69) is 15.1 Å². The fraction of sp³-hybridized carbons (Fsp3) is 0.167. The Bertz CT molecular complexity index is 1410. The summed E-state index contributed by atoms with van der Waals surface area (Å²) in [6, 6.07) is 3.32. The molecule has 4 heterocycles. The summed E-state index contributed by atoms with van der Waals surface area (Å²) in [5.41, 5.74) is 5.62. The van der Waals surface area contributed by atoms with Crippen LogP contribution in [0, 0.1) is 5.41 Å². The predicted molar refractivity (Wildman–Crippen MR) is 109 cm³/mol. The van der Waals surface area contributed by atoms with Crippen LogP contribution in [0.4, 0.5) is 4.39 Å². The van der Waals surface area contributed by atoms with E-state index in [4.69, 9.17) is 11.1 Å². The average molecular weight is 413 g/mol. The molecule has 0 spiro atoms. The lowest BCUT2D eigenvalue weighted by molar-refractivity contribution is 0.639. The molecule has 0 aliphatic carbocycles. The second-order valence-electron chi connectivity index (χ2n) is 6.38. The van der Waals surface area contributed by atoms with Crippen molar-refractivity contribution in [1.82, 2.24) is 24.3 Å². The van der Waals surface area contributed by atoms with E-state index in [0.29, 0.717) is 27.1 Å². The van der Waals surface area contributed by atoms with Crippen LogP contribution in [-0.4, -0.2) is 30.0 Å². The molecule has 0 bridgehead atoms. The molecule has 0 aliphatic rings. The number of rotatable bonds is 5. The van der Waals surface area contributed by atoms with Crippen LogP contribution in [0.1, 0.15) is 10.6 Å². The molecule has 0 fully saturated rings. The van der Waals surface area contributed by atoms with Crippen LogP contribution >= 0.6 is 11.3 Å². The maximum atomic E-state index is 13.4. The number of hydrogen-bond acceptors (Lipinski definition) is 7. The normalized spacial score (nSPS) is 12.1. The Morgan fingerprint density at radius 1 is 1.45 bits per heavy atom. The minimum absolute atomic E-state index is 0.00164. The summed E-state index contributed by atoms with van der Waals surface area (Å²) in [7, 11) is 1.71. The van der Waals surface area contributed by atoms with Crippen LogP contribution in [0.5, 0.6) is 0 Å². The number of allylic oxidation sites excluding steroid dienone is 1. The number of nitrogens with two attached hydrogens (primary N) is 1. The van der Waals surface area contributed by atoms with Gasteiger partial charge in [-0.2, -0.15) is 5.10 Å². The second-order valence-corrected chi connectivity index (χ2v) is 7.47. The highest BCUT2D eigenvalue weighted by Gasteiger charge is 2.19. The lowest BCUT2D eigenvalue weighted by atomic mass is 10.2. The van der Waals surface area contributed by atoms with E-state index >= 15 is 0 Å². The predicted octanol–water partition coefficient (Wildman–Crippen LogP) is 1.41. The summed E-state index contributed by atoms with van der Waals surface area (Å²) in [5.74, 6) is -0.797. The van der Waals surface area contributed by atoms with Gasteiger partial charge in [-0.1, -0.05) is 6.07 Å². The quantitative estimate of drug-likeness (QED) is 0.425. The molecular formula is C18H16FN7O2S. The van der Waals surface area contributed by atoms with E-state index < -0.39 is 5.83 Å². The number of H-pyrrole nitrogens is 1. The molecule has 4 N–H and O–H groups in total. The number of aromatic amines is 1. The van der Waals surface area contributed by atoms with Crippen molar-refractivity contribution in [3.63, 3.8) is 0 Å². The number of fused-ring (bicyclic) bond motifs is 3. The Morgan fingerprint density at radius 2 is 2.24 bits per heavy atom. The summed E-state index contributed by atoms with van der Waals surface area (Å²) in [5, 5.41) is 13.1. The number of nitrogens with zero attached hydrogens (tertiary/aromatic N) is 4. The zero-order valence-electron chi connectivity index (χ0n) is 15.3. The van der Waals surface area contributed by atoms with Crippen molar-refractivity contribution in [2.24, 2.45) is 12.8 Å². The maximum absolute atomic E-state index is 13.4. The minimum Gasteiger partial charge on any atom is -0.402 e. The fourth-order valence-corrected chi connectivity index (χ4v) is 4.22. The van der Waals surface area contributed by atoms with Gasteiger partial charge in [0.1, 0.15) is 10.5 Å². The second kappa shape index (κ2) is 7.09. The molecular weight excluding hydrogens is 397 g/mol. The van der Waals surface area contributed by atoms with Gasteiger partial charge in [-0.25, -0.2) is 14.1 Å². The minimum atomic E-state index is -0.797. The van der Waals surface area contributed by atoms with E-state index in [0.717, 1.165) is 10.9 Å². The van der Waals surface area contributed by atoms with E-state index in [-0.39, 0.29) is 29.8 Å². The zero-order chi connectivity index (χ0) is 20.7. The highest BCUT2D eigenvalue weighted by molar-refractivity contribution is 7.19. The van der Waals surface area contributed by atoms with Crippen molar-refractivity contribution < 1.29 is 4.39 Å². The molecule has 0 amide bonds. The van der Waals surface area contributed by atoms with E-state index in [1.807, 2.05) is 0 Å². The SMILES string of the molecule is Cn1c2nc(CC(=N)/C(F)=C\N)sc2c2cnn(Cc3ccc[nH]c3=O)c(=O)c21. The van der Waals surface area contributed by atoms with Crippen molar-refractivity contribution in [2.45, 2.75) is 13.0 Å². The van der Waals surface area contributed by atoms with Crippen molar-refractivity contribution in [3.8, 4) is 0 Å². The molecule has 9 nitrogen and oxygen atoms in total. The topological polar surface area (TPSA) is 135 Å². The third-order valence-corrected chi connectivity index (χ3v) is 5.63. The number of pyridine rings is 1. The van der Waals surface area contributed by atoms with Gasteiger partial charge in [-0.05, 0) is 6.07 Å². The third kappa shape index (κ3) is 3.14. The first-order valence-corrected chi connectivity index (χ1v) is 9.38. The molecule has 4 aromatic heterocycles. The van der Waals surface area contributed by atoms with Gasteiger partial charge in [0, 0.05) is 36.8 Å². The van der Waals surface area contributed by atoms with Crippen LogP contribution in [0.3, 0.4) is 0 Å². The summed E-state index contributed by atoms with van der Waals surface area (Å²) in [6.07, 6.45) is 3.83. The van der Waals surface area contributed by atoms with Gasteiger partial charge in [0.15, 0.2) is 11.5 Å². The van der Waals surface area contributed by atoms with Crippen molar-refractivity contribution in [2.75, 3.05) is 0 Å². The molecule has 0 radical (unpaired) electrons. The molecule has 0 saturated carbocycles. The number of hydrogen-bond donors (Lipinski definition) is 3. The van der Waals surface area contributed by atoms with E-state index in [1.54, 1.807) is 29.9 Å². The highest BCUT2D eigenvalue weighted by atomic mass is 32.1. The molecule has 0 unspecified atom stereocenters. The zero-order valence-corrected chi connectivity index (χ0v) is 16.1. The first-order chi connectivity index (χ1) is 13.9. The molecule has 4 rings (SSSR count). The van der Waals surface area contributed by atoms with Gasteiger partial charge >= 0.3 is 0 Å². The molecule has 4 aromatic rings. The smallest absolute Gasteiger partial charge is 0.291 e. The number of halogens is 1. The molecule has 0 atom stereocenters. The van der Waals surface area contributed by atoms with Crippen LogP contribution < -0.4 is 16.9 Å². The Balaban J connectivity index is 1.78. The molecule has 0 aliphatic heterocycles. The third-order valence-electron chi connectivity index (χ3n) is 4.55. The Hall–Kier alpha value is -3.60. The van der Waals surface area contributed by atoms with Crippen LogP contribution in [0.2, 0.25) is 0 Å².